The normalized spacial score (nSPS) is 16.2. The lowest BCUT2D eigenvalue weighted by atomic mass is 10.1. The first-order valence-electron chi connectivity index (χ1n) is 11.2. The zero-order valence-electron chi connectivity index (χ0n) is 19.8. The average Bonchev–Trinajstić information content (AvgIpc) is 3.24. The first kappa shape index (κ1) is 24.9. The predicted molar refractivity (Wildman–Crippen MR) is 139 cm³/mol. The van der Waals surface area contributed by atoms with Gasteiger partial charge in [-0.3, -0.25) is 9.59 Å². The van der Waals surface area contributed by atoms with Crippen molar-refractivity contribution in [2.75, 3.05) is 20.0 Å². The Morgan fingerprint density at radius 1 is 1.09 bits per heavy atom. The van der Waals surface area contributed by atoms with Gasteiger partial charge in [0.2, 0.25) is 5.91 Å². The molecule has 35 heavy (non-hydrogen) atoms. The molecule has 0 bridgehead atoms. The van der Waals surface area contributed by atoms with Gasteiger partial charge in [-0.1, -0.05) is 35.9 Å². The summed E-state index contributed by atoms with van der Waals surface area (Å²) in [7, 11) is 3.20. The van der Waals surface area contributed by atoms with Crippen molar-refractivity contribution in [3.8, 4) is 11.5 Å². The van der Waals surface area contributed by atoms with Crippen molar-refractivity contribution in [2.24, 2.45) is 0 Å². The summed E-state index contributed by atoms with van der Waals surface area (Å²) < 4.78 is 10.8. The summed E-state index contributed by atoms with van der Waals surface area (Å²) >= 11 is 7.58. The fourth-order valence-corrected chi connectivity index (χ4v) is 5.34. The van der Waals surface area contributed by atoms with Crippen LogP contribution < -0.4 is 14.8 Å². The minimum Gasteiger partial charge on any atom is -0.497 e. The molecule has 0 saturated carbocycles. The Morgan fingerprint density at radius 2 is 1.80 bits per heavy atom. The number of benzene rings is 3. The molecule has 0 unspecified atom stereocenters. The number of hydrogen-bond acceptors (Lipinski definition) is 5. The van der Waals surface area contributed by atoms with Gasteiger partial charge in [0.05, 0.1) is 26.0 Å². The van der Waals surface area contributed by atoms with Gasteiger partial charge in [0, 0.05) is 22.7 Å². The number of amides is 2. The van der Waals surface area contributed by atoms with Gasteiger partial charge >= 0.3 is 0 Å². The minimum absolute atomic E-state index is 0.0952. The van der Waals surface area contributed by atoms with Crippen LogP contribution in [-0.4, -0.2) is 36.7 Å². The van der Waals surface area contributed by atoms with E-state index in [4.69, 9.17) is 21.1 Å². The molecule has 1 fully saturated rings. The number of hydrogen-bond donors (Lipinski definition) is 1. The minimum atomic E-state index is -0.287. The summed E-state index contributed by atoms with van der Waals surface area (Å²) in [6.45, 7) is 2.41. The molecule has 1 heterocycles. The van der Waals surface area contributed by atoms with Crippen LogP contribution in [0.2, 0.25) is 5.02 Å². The number of nitrogens with zero attached hydrogens (tertiary/aromatic N) is 1. The van der Waals surface area contributed by atoms with Gasteiger partial charge in [-0.25, -0.2) is 0 Å². The maximum atomic E-state index is 12.9. The number of methoxy groups -OCH3 is 2. The molecule has 0 aliphatic carbocycles. The highest BCUT2D eigenvalue weighted by Crippen LogP contribution is 2.39. The van der Waals surface area contributed by atoms with E-state index in [-0.39, 0.29) is 23.2 Å². The van der Waals surface area contributed by atoms with Crippen molar-refractivity contribution in [1.29, 1.82) is 0 Å². The van der Waals surface area contributed by atoms with Gasteiger partial charge in [0.15, 0.2) is 0 Å². The molecule has 3 aromatic carbocycles. The Balaban J connectivity index is 1.46. The van der Waals surface area contributed by atoms with E-state index in [2.05, 4.69) is 5.32 Å². The number of thioether (sulfide) groups is 1. The first-order valence-corrected chi connectivity index (χ1v) is 12.6. The molecule has 182 valence electrons. The molecule has 4 rings (SSSR count). The summed E-state index contributed by atoms with van der Waals surface area (Å²) in [6, 6.07) is 20.1. The maximum Gasteiger partial charge on any atom is 0.251 e. The van der Waals surface area contributed by atoms with Crippen LogP contribution in [0, 0.1) is 0 Å². The quantitative estimate of drug-likeness (QED) is 0.426. The molecule has 0 radical (unpaired) electrons. The van der Waals surface area contributed by atoms with Crippen LogP contribution in [0.4, 0.5) is 0 Å². The second kappa shape index (κ2) is 11.1. The molecule has 1 N–H and O–H groups in total. The van der Waals surface area contributed by atoms with Crippen LogP contribution in [0.5, 0.6) is 11.5 Å². The van der Waals surface area contributed by atoms with E-state index in [1.54, 1.807) is 38.1 Å². The molecule has 0 aromatic heterocycles. The van der Waals surface area contributed by atoms with Crippen LogP contribution in [-0.2, 0) is 11.3 Å². The van der Waals surface area contributed by atoms with Crippen molar-refractivity contribution in [3.63, 3.8) is 0 Å². The average molecular weight is 511 g/mol. The van der Waals surface area contributed by atoms with Crippen molar-refractivity contribution in [3.05, 3.63) is 94.0 Å². The molecule has 2 atom stereocenters. The number of carbonyl (C=O) groups is 2. The second-order valence-electron chi connectivity index (χ2n) is 8.24. The number of halogens is 1. The van der Waals surface area contributed by atoms with E-state index in [1.807, 2.05) is 66.4 Å². The van der Waals surface area contributed by atoms with Crippen molar-refractivity contribution in [2.45, 2.75) is 24.9 Å². The summed E-state index contributed by atoms with van der Waals surface area (Å²) in [5.74, 6) is 1.70. The highest BCUT2D eigenvalue weighted by molar-refractivity contribution is 8.00. The third-order valence-electron chi connectivity index (χ3n) is 5.94. The van der Waals surface area contributed by atoms with E-state index < -0.39 is 0 Å². The molecule has 0 spiro atoms. The Kier molecular flexibility index (Phi) is 7.88. The van der Waals surface area contributed by atoms with Crippen LogP contribution in [0.1, 0.15) is 45.4 Å². The Labute approximate surface area is 214 Å². The summed E-state index contributed by atoms with van der Waals surface area (Å²) in [6.07, 6.45) is 0. The van der Waals surface area contributed by atoms with Crippen molar-refractivity contribution in [1.82, 2.24) is 10.2 Å². The van der Waals surface area contributed by atoms with E-state index in [1.165, 1.54) is 0 Å². The monoisotopic (exact) mass is 510 g/mol. The second-order valence-corrected chi connectivity index (χ2v) is 9.74. The smallest absolute Gasteiger partial charge is 0.251 e. The zero-order valence-corrected chi connectivity index (χ0v) is 21.4. The topological polar surface area (TPSA) is 67.9 Å². The molecule has 1 saturated heterocycles. The molecular formula is C27H27ClN2O4S. The Hall–Kier alpha value is -3.16. The SMILES string of the molecule is COc1ccc(OC)c([C@@H](C)NC(=O)c2ccc([C@H]3SCC(=O)N3Cc3ccc(Cl)cc3)cc2)c1. The van der Waals surface area contributed by atoms with Gasteiger partial charge < -0.3 is 19.7 Å². The highest BCUT2D eigenvalue weighted by atomic mass is 35.5. The molecule has 6 nitrogen and oxygen atoms in total. The van der Waals surface area contributed by atoms with E-state index in [0.29, 0.717) is 34.4 Å². The van der Waals surface area contributed by atoms with Crippen molar-refractivity contribution < 1.29 is 19.1 Å². The van der Waals surface area contributed by atoms with Gasteiger partial charge in [-0.2, -0.15) is 0 Å². The summed E-state index contributed by atoms with van der Waals surface area (Å²) in [5.41, 5.74) is 3.37. The third-order valence-corrected chi connectivity index (χ3v) is 7.45. The largest absolute Gasteiger partial charge is 0.497 e. The Morgan fingerprint density at radius 3 is 2.46 bits per heavy atom. The lowest BCUT2D eigenvalue weighted by Gasteiger charge is -2.24. The molecule has 1 aliphatic rings. The fourth-order valence-electron chi connectivity index (χ4n) is 4.02. The number of rotatable bonds is 8. The maximum absolute atomic E-state index is 12.9. The number of ether oxygens (including phenoxy) is 2. The molecule has 1 aliphatic heterocycles. The molecular weight excluding hydrogens is 484 g/mol. The van der Waals surface area contributed by atoms with Crippen molar-refractivity contribution >= 4 is 35.2 Å². The summed E-state index contributed by atoms with van der Waals surface area (Å²) in [4.78, 5) is 27.4. The molecule has 8 heteroatoms. The lowest BCUT2D eigenvalue weighted by Crippen LogP contribution is -2.28. The molecule has 3 aromatic rings. The van der Waals surface area contributed by atoms with Crippen LogP contribution >= 0.6 is 23.4 Å². The fraction of sp³-hybridized carbons (Fsp3) is 0.259. The van der Waals surface area contributed by atoms with Gasteiger partial charge in [-0.15, -0.1) is 11.8 Å². The zero-order chi connectivity index (χ0) is 24.9. The lowest BCUT2D eigenvalue weighted by molar-refractivity contribution is -0.128. The summed E-state index contributed by atoms with van der Waals surface area (Å²) in [5, 5.41) is 3.59. The standard InChI is InChI=1S/C27H27ClN2O4S/c1-17(23-14-22(33-2)12-13-24(23)34-3)29-26(32)19-6-8-20(9-7-19)27-30(25(31)16-35-27)15-18-4-10-21(28)11-5-18/h4-14,17,27H,15-16H2,1-3H3,(H,29,32)/t17-,27-/m1/s1. The Bertz CT molecular complexity index is 1200. The number of carbonyl (C=O) groups excluding carboxylic acids is 2. The van der Waals surface area contributed by atoms with E-state index in [9.17, 15) is 9.59 Å². The van der Waals surface area contributed by atoms with E-state index in [0.717, 1.165) is 16.7 Å². The first-order chi connectivity index (χ1) is 16.9. The third kappa shape index (κ3) is 5.74. The highest BCUT2D eigenvalue weighted by Gasteiger charge is 2.32. The van der Waals surface area contributed by atoms with Gasteiger partial charge in [0.1, 0.15) is 16.9 Å². The molecule has 2 amide bonds. The van der Waals surface area contributed by atoms with Gasteiger partial charge in [-0.05, 0) is 60.5 Å². The van der Waals surface area contributed by atoms with Crippen LogP contribution in [0.15, 0.2) is 66.7 Å². The van der Waals surface area contributed by atoms with Gasteiger partial charge in [0.25, 0.3) is 5.91 Å². The number of nitrogens with one attached hydrogen (secondary N) is 1. The predicted octanol–water partition coefficient (Wildman–Crippen LogP) is 5.62. The van der Waals surface area contributed by atoms with Crippen LogP contribution in [0.3, 0.4) is 0 Å². The van der Waals surface area contributed by atoms with Crippen LogP contribution in [0.25, 0.3) is 0 Å². The van der Waals surface area contributed by atoms with E-state index >= 15 is 0 Å².